The molecule has 0 amide bonds. The zero-order chi connectivity index (χ0) is 10.5. The summed E-state index contributed by atoms with van der Waals surface area (Å²) in [5.41, 5.74) is 0. The van der Waals surface area contributed by atoms with Gasteiger partial charge in [-0.2, -0.15) is 0 Å². The van der Waals surface area contributed by atoms with Crippen molar-refractivity contribution in [2.45, 2.75) is 61.1 Å². The van der Waals surface area contributed by atoms with E-state index in [9.17, 15) is 0 Å². The summed E-state index contributed by atoms with van der Waals surface area (Å²) < 4.78 is 12.3. The SMILES string of the molecule is IC1CCCC1OCCOC1CCCC1. The average Bonchev–Trinajstić information content (AvgIpc) is 2.85. The van der Waals surface area contributed by atoms with Crippen molar-refractivity contribution in [1.82, 2.24) is 0 Å². The Morgan fingerprint density at radius 1 is 0.867 bits per heavy atom. The molecule has 0 aliphatic heterocycles. The van der Waals surface area contributed by atoms with Gasteiger partial charge in [-0.15, -0.1) is 0 Å². The van der Waals surface area contributed by atoms with Crippen LogP contribution in [0, 0.1) is 0 Å². The van der Waals surface area contributed by atoms with Crippen molar-refractivity contribution in [3.63, 3.8) is 0 Å². The van der Waals surface area contributed by atoms with Crippen molar-refractivity contribution in [1.29, 1.82) is 0 Å². The molecule has 0 spiro atoms. The van der Waals surface area contributed by atoms with Crippen LogP contribution in [0.4, 0.5) is 0 Å². The van der Waals surface area contributed by atoms with Gasteiger partial charge in [-0.3, -0.25) is 0 Å². The van der Waals surface area contributed by atoms with Gasteiger partial charge in [-0.05, 0) is 32.1 Å². The molecule has 2 aliphatic rings. The minimum atomic E-state index is 0.498. The molecule has 2 nitrogen and oxygen atoms in total. The van der Waals surface area contributed by atoms with Gasteiger partial charge in [0.2, 0.25) is 0 Å². The summed E-state index contributed by atoms with van der Waals surface area (Å²) in [4.78, 5) is 0. The quantitative estimate of drug-likeness (QED) is 0.439. The maximum atomic E-state index is 5.84. The van der Waals surface area contributed by atoms with Crippen LogP contribution in [-0.4, -0.2) is 29.3 Å². The highest BCUT2D eigenvalue weighted by Gasteiger charge is 2.25. The third-order valence-electron chi connectivity index (χ3n) is 3.44. The average molecular weight is 324 g/mol. The molecule has 2 rings (SSSR count). The molecule has 0 bridgehead atoms. The van der Waals surface area contributed by atoms with E-state index >= 15 is 0 Å². The van der Waals surface area contributed by atoms with E-state index in [0.29, 0.717) is 12.2 Å². The van der Waals surface area contributed by atoms with Crippen LogP contribution in [0.3, 0.4) is 0 Å². The Labute approximate surface area is 106 Å². The van der Waals surface area contributed by atoms with Gasteiger partial charge < -0.3 is 9.47 Å². The predicted molar refractivity (Wildman–Crippen MR) is 69.6 cm³/mol. The van der Waals surface area contributed by atoms with E-state index in [-0.39, 0.29) is 0 Å². The maximum absolute atomic E-state index is 5.84. The lowest BCUT2D eigenvalue weighted by Gasteiger charge is -2.16. The summed E-state index contributed by atoms with van der Waals surface area (Å²) >= 11 is 2.52. The molecule has 3 heteroatoms. The molecule has 2 unspecified atom stereocenters. The van der Waals surface area contributed by atoms with Gasteiger partial charge in [-0.25, -0.2) is 0 Å². The Hall–Kier alpha value is 0.650. The first-order valence-electron chi connectivity index (χ1n) is 6.23. The molecule has 0 heterocycles. The van der Waals surface area contributed by atoms with E-state index in [2.05, 4.69) is 22.6 Å². The molecule has 88 valence electrons. The first kappa shape index (κ1) is 12.1. The number of rotatable bonds is 5. The van der Waals surface area contributed by atoms with E-state index in [0.717, 1.165) is 17.1 Å². The van der Waals surface area contributed by atoms with E-state index in [1.54, 1.807) is 0 Å². The molecule has 0 radical (unpaired) electrons. The van der Waals surface area contributed by atoms with Crippen LogP contribution in [0.5, 0.6) is 0 Å². The van der Waals surface area contributed by atoms with Gasteiger partial charge in [0.1, 0.15) is 0 Å². The predicted octanol–water partition coefficient (Wildman–Crippen LogP) is 3.32. The fourth-order valence-electron chi connectivity index (χ4n) is 2.54. The summed E-state index contributed by atoms with van der Waals surface area (Å²) in [7, 11) is 0. The van der Waals surface area contributed by atoms with Crippen LogP contribution in [0.25, 0.3) is 0 Å². The Morgan fingerprint density at radius 2 is 1.60 bits per heavy atom. The van der Waals surface area contributed by atoms with Gasteiger partial charge in [0.15, 0.2) is 0 Å². The van der Waals surface area contributed by atoms with Gasteiger partial charge in [0, 0.05) is 3.92 Å². The number of hydrogen-bond donors (Lipinski definition) is 0. The largest absolute Gasteiger partial charge is 0.376 e. The first-order chi connectivity index (χ1) is 7.36. The van der Waals surface area contributed by atoms with Gasteiger partial charge >= 0.3 is 0 Å². The second kappa shape index (κ2) is 6.40. The standard InChI is InChI=1S/C12H21IO2/c13-11-6-3-7-12(11)15-9-8-14-10-4-1-2-5-10/h10-12H,1-9H2. The number of halogens is 1. The lowest BCUT2D eigenvalue weighted by Crippen LogP contribution is -2.21. The number of hydrogen-bond acceptors (Lipinski definition) is 2. The molecule has 2 atom stereocenters. The van der Waals surface area contributed by atoms with Crippen molar-refractivity contribution in [2.24, 2.45) is 0 Å². The van der Waals surface area contributed by atoms with Crippen molar-refractivity contribution in [3.8, 4) is 0 Å². The summed E-state index contributed by atoms with van der Waals surface area (Å²) in [5.74, 6) is 0. The van der Waals surface area contributed by atoms with Crippen molar-refractivity contribution >= 4 is 22.6 Å². The molecule has 2 aliphatic carbocycles. The fraction of sp³-hybridized carbons (Fsp3) is 1.00. The Kier molecular flexibility index (Phi) is 5.17. The molecule has 0 aromatic rings. The zero-order valence-electron chi connectivity index (χ0n) is 9.29. The van der Waals surface area contributed by atoms with E-state index in [1.165, 1.54) is 44.9 Å². The van der Waals surface area contributed by atoms with E-state index < -0.39 is 0 Å². The minimum Gasteiger partial charge on any atom is -0.376 e. The van der Waals surface area contributed by atoms with Crippen molar-refractivity contribution < 1.29 is 9.47 Å². The highest BCUT2D eigenvalue weighted by Crippen LogP contribution is 2.28. The Bertz CT molecular complexity index is 180. The van der Waals surface area contributed by atoms with Crippen LogP contribution in [-0.2, 0) is 9.47 Å². The van der Waals surface area contributed by atoms with Crippen LogP contribution >= 0.6 is 22.6 Å². The molecule has 0 N–H and O–H groups in total. The summed E-state index contributed by atoms with van der Waals surface area (Å²) in [6.45, 7) is 1.59. The second-order valence-corrected chi connectivity index (χ2v) is 6.23. The summed E-state index contributed by atoms with van der Waals surface area (Å²) in [6.07, 6.45) is 10.2. The summed E-state index contributed by atoms with van der Waals surface area (Å²) in [6, 6.07) is 0. The Balaban J connectivity index is 1.51. The highest BCUT2D eigenvalue weighted by atomic mass is 127. The number of ether oxygens (including phenoxy) is 2. The fourth-order valence-corrected chi connectivity index (χ4v) is 3.55. The van der Waals surface area contributed by atoms with Crippen molar-refractivity contribution in [2.75, 3.05) is 13.2 Å². The third kappa shape index (κ3) is 3.86. The summed E-state index contributed by atoms with van der Waals surface area (Å²) in [5, 5.41) is 0. The third-order valence-corrected chi connectivity index (χ3v) is 4.87. The lowest BCUT2D eigenvalue weighted by atomic mass is 10.3. The first-order valence-corrected chi connectivity index (χ1v) is 7.48. The van der Waals surface area contributed by atoms with Crippen LogP contribution in [0.15, 0.2) is 0 Å². The van der Waals surface area contributed by atoms with E-state index in [4.69, 9.17) is 9.47 Å². The zero-order valence-corrected chi connectivity index (χ0v) is 11.4. The molecular formula is C12H21IO2. The van der Waals surface area contributed by atoms with Crippen LogP contribution in [0.1, 0.15) is 44.9 Å². The molecule has 0 aromatic heterocycles. The van der Waals surface area contributed by atoms with E-state index in [1.807, 2.05) is 0 Å². The maximum Gasteiger partial charge on any atom is 0.0704 e. The molecule has 2 saturated carbocycles. The minimum absolute atomic E-state index is 0.498. The topological polar surface area (TPSA) is 18.5 Å². The normalized spacial score (nSPS) is 32.6. The monoisotopic (exact) mass is 324 g/mol. The number of alkyl halides is 1. The molecule has 2 fully saturated rings. The highest BCUT2D eigenvalue weighted by molar-refractivity contribution is 14.1. The van der Waals surface area contributed by atoms with Crippen molar-refractivity contribution in [3.05, 3.63) is 0 Å². The van der Waals surface area contributed by atoms with Gasteiger partial charge in [0.25, 0.3) is 0 Å². The smallest absolute Gasteiger partial charge is 0.0704 e. The Morgan fingerprint density at radius 3 is 2.27 bits per heavy atom. The lowest BCUT2D eigenvalue weighted by molar-refractivity contribution is -0.0153. The molecule has 15 heavy (non-hydrogen) atoms. The van der Waals surface area contributed by atoms with Crippen LogP contribution < -0.4 is 0 Å². The molecular weight excluding hydrogens is 303 g/mol. The second-order valence-electron chi connectivity index (χ2n) is 4.63. The molecule has 0 saturated heterocycles. The molecule has 0 aromatic carbocycles. The van der Waals surface area contributed by atoms with Gasteiger partial charge in [0.05, 0.1) is 25.4 Å². The van der Waals surface area contributed by atoms with Crippen LogP contribution in [0.2, 0.25) is 0 Å². The van der Waals surface area contributed by atoms with Gasteiger partial charge in [-0.1, -0.05) is 35.4 Å².